The van der Waals surface area contributed by atoms with Crippen molar-refractivity contribution in [3.63, 3.8) is 0 Å². The average Bonchev–Trinajstić information content (AvgIpc) is 2.48. The van der Waals surface area contributed by atoms with Crippen molar-refractivity contribution in [2.45, 2.75) is 20.4 Å². The monoisotopic (exact) mass is 286 g/mol. The van der Waals surface area contributed by atoms with Crippen molar-refractivity contribution in [1.82, 2.24) is 4.98 Å². The molecule has 1 heterocycles. The van der Waals surface area contributed by atoms with Crippen molar-refractivity contribution in [3.8, 4) is 5.75 Å². The number of carboxylic acid groups (broad SMARTS) is 1. The second-order valence-corrected chi connectivity index (χ2v) is 4.83. The van der Waals surface area contributed by atoms with Crippen molar-refractivity contribution in [2.75, 3.05) is 11.4 Å². The summed E-state index contributed by atoms with van der Waals surface area (Å²) in [5.74, 6) is -0.756. The van der Waals surface area contributed by atoms with E-state index in [1.807, 2.05) is 19.9 Å². The van der Waals surface area contributed by atoms with Crippen LogP contribution >= 0.6 is 0 Å². The summed E-state index contributed by atoms with van der Waals surface area (Å²) in [6.45, 7) is 5.32. The van der Waals surface area contributed by atoms with Gasteiger partial charge in [-0.1, -0.05) is 6.07 Å². The Balaban J connectivity index is 2.22. The van der Waals surface area contributed by atoms with E-state index in [4.69, 9.17) is 5.11 Å². The lowest BCUT2D eigenvalue weighted by molar-refractivity contribution is 0.0696. The molecule has 2 aromatic rings. The van der Waals surface area contributed by atoms with Gasteiger partial charge in [-0.05, 0) is 37.6 Å². The minimum atomic E-state index is -0.981. The molecule has 0 saturated carbocycles. The van der Waals surface area contributed by atoms with Crippen LogP contribution in [0.3, 0.4) is 0 Å². The zero-order valence-corrected chi connectivity index (χ0v) is 12.1. The van der Waals surface area contributed by atoms with Crippen molar-refractivity contribution >= 4 is 11.7 Å². The number of hydrogen-bond donors (Lipinski definition) is 2. The van der Waals surface area contributed by atoms with Crippen molar-refractivity contribution in [2.24, 2.45) is 0 Å². The molecule has 0 fully saturated rings. The molecule has 0 amide bonds. The van der Waals surface area contributed by atoms with Crippen LogP contribution in [0.4, 0.5) is 5.69 Å². The van der Waals surface area contributed by atoms with E-state index in [-0.39, 0.29) is 11.3 Å². The number of carboxylic acids is 1. The van der Waals surface area contributed by atoms with Crippen LogP contribution in [0.15, 0.2) is 36.5 Å². The van der Waals surface area contributed by atoms with Crippen LogP contribution in [0.5, 0.6) is 5.75 Å². The lowest BCUT2D eigenvalue weighted by atomic mass is 10.1. The highest BCUT2D eigenvalue weighted by Crippen LogP contribution is 2.25. The Morgan fingerprint density at radius 2 is 2.05 bits per heavy atom. The molecule has 0 aliphatic carbocycles. The maximum absolute atomic E-state index is 10.8. The topological polar surface area (TPSA) is 73.7 Å². The van der Waals surface area contributed by atoms with Gasteiger partial charge in [0, 0.05) is 24.5 Å². The summed E-state index contributed by atoms with van der Waals surface area (Å²) in [5, 5.41) is 18.5. The summed E-state index contributed by atoms with van der Waals surface area (Å²) in [6.07, 6.45) is 1.36. The summed E-state index contributed by atoms with van der Waals surface area (Å²) >= 11 is 0. The van der Waals surface area contributed by atoms with Crippen LogP contribution in [0.2, 0.25) is 0 Å². The van der Waals surface area contributed by atoms with Gasteiger partial charge in [0.2, 0.25) is 0 Å². The Labute approximate surface area is 123 Å². The molecular weight excluding hydrogens is 268 g/mol. The van der Waals surface area contributed by atoms with Crippen LogP contribution in [0.1, 0.15) is 28.5 Å². The molecule has 1 aromatic heterocycles. The normalized spacial score (nSPS) is 10.4. The number of rotatable bonds is 5. The van der Waals surface area contributed by atoms with Gasteiger partial charge >= 0.3 is 5.97 Å². The second kappa shape index (κ2) is 6.26. The van der Waals surface area contributed by atoms with Crippen molar-refractivity contribution in [3.05, 3.63) is 53.3 Å². The predicted molar refractivity (Wildman–Crippen MR) is 80.8 cm³/mol. The fourth-order valence-corrected chi connectivity index (χ4v) is 2.15. The molecule has 5 nitrogen and oxygen atoms in total. The van der Waals surface area contributed by atoms with Gasteiger partial charge < -0.3 is 15.1 Å². The first-order valence-electron chi connectivity index (χ1n) is 6.74. The number of nitrogens with zero attached hydrogens (tertiary/aromatic N) is 2. The highest BCUT2D eigenvalue weighted by Gasteiger charge is 2.11. The minimum Gasteiger partial charge on any atom is -0.508 e. The van der Waals surface area contributed by atoms with Crippen LogP contribution in [-0.4, -0.2) is 27.7 Å². The Morgan fingerprint density at radius 3 is 2.62 bits per heavy atom. The molecule has 2 N–H and O–H groups in total. The predicted octanol–water partition coefficient (Wildman–Crippen LogP) is 2.82. The Bertz CT molecular complexity index is 638. The third kappa shape index (κ3) is 3.51. The maximum Gasteiger partial charge on any atom is 0.337 e. The molecule has 0 aliphatic heterocycles. The number of anilines is 1. The Hall–Kier alpha value is -2.56. The average molecular weight is 286 g/mol. The van der Waals surface area contributed by atoms with E-state index in [0.717, 1.165) is 23.5 Å². The third-order valence-corrected chi connectivity index (χ3v) is 3.34. The quantitative estimate of drug-likeness (QED) is 0.884. The first-order chi connectivity index (χ1) is 10.0. The number of carbonyl (C=O) groups is 1. The Morgan fingerprint density at radius 1 is 1.29 bits per heavy atom. The van der Waals surface area contributed by atoms with Crippen LogP contribution in [0.25, 0.3) is 0 Å². The van der Waals surface area contributed by atoms with Gasteiger partial charge in [-0.3, -0.25) is 4.98 Å². The molecule has 0 unspecified atom stereocenters. The van der Waals surface area contributed by atoms with E-state index in [9.17, 15) is 9.90 Å². The first-order valence-corrected chi connectivity index (χ1v) is 6.74. The molecule has 110 valence electrons. The summed E-state index contributed by atoms with van der Waals surface area (Å²) in [4.78, 5) is 17.1. The fraction of sp³-hybridized carbons (Fsp3) is 0.250. The van der Waals surface area contributed by atoms with Gasteiger partial charge in [0.05, 0.1) is 17.8 Å². The van der Waals surface area contributed by atoms with Gasteiger partial charge in [-0.15, -0.1) is 0 Å². The SMILES string of the molecule is CCN(Cc1ccc(C(=O)O)cn1)c1cc(O)ccc1C. The molecule has 21 heavy (non-hydrogen) atoms. The number of phenolic OH excluding ortho intramolecular Hbond substituents is 1. The number of phenols is 1. The van der Waals surface area contributed by atoms with E-state index < -0.39 is 5.97 Å². The molecule has 0 bridgehead atoms. The largest absolute Gasteiger partial charge is 0.508 e. The molecule has 2 rings (SSSR count). The van der Waals surface area contributed by atoms with Crippen molar-refractivity contribution in [1.29, 1.82) is 0 Å². The number of aromatic nitrogens is 1. The number of aryl methyl sites for hydroxylation is 1. The number of aromatic hydroxyl groups is 1. The molecule has 0 spiro atoms. The van der Waals surface area contributed by atoms with Gasteiger partial charge in [0.1, 0.15) is 5.75 Å². The lowest BCUT2D eigenvalue weighted by Gasteiger charge is -2.24. The summed E-state index contributed by atoms with van der Waals surface area (Å²) in [7, 11) is 0. The minimum absolute atomic E-state index is 0.176. The van der Waals surface area contributed by atoms with Crippen LogP contribution < -0.4 is 4.90 Å². The smallest absolute Gasteiger partial charge is 0.337 e. The zero-order valence-electron chi connectivity index (χ0n) is 12.1. The molecule has 0 atom stereocenters. The molecule has 1 aromatic carbocycles. The highest BCUT2D eigenvalue weighted by molar-refractivity contribution is 5.87. The molecule has 0 saturated heterocycles. The summed E-state index contributed by atoms with van der Waals surface area (Å²) < 4.78 is 0. The van der Waals surface area contributed by atoms with E-state index in [0.29, 0.717) is 6.54 Å². The first kappa shape index (κ1) is 14.8. The Kier molecular flexibility index (Phi) is 4.42. The van der Waals surface area contributed by atoms with Crippen molar-refractivity contribution < 1.29 is 15.0 Å². The van der Waals surface area contributed by atoms with Gasteiger partial charge in [-0.2, -0.15) is 0 Å². The van der Waals surface area contributed by atoms with E-state index in [2.05, 4.69) is 9.88 Å². The number of aromatic carboxylic acids is 1. The lowest BCUT2D eigenvalue weighted by Crippen LogP contribution is -2.23. The van der Waals surface area contributed by atoms with Gasteiger partial charge in [0.25, 0.3) is 0 Å². The standard InChI is InChI=1S/C16H18N2O3/c1-3-18(15-8-14(19)7-4-11(15)2)10-13-6-5-12(9-17-13)16(20)21/h4-9,19H,3,10H2,1-2H3,(H,20,21). The second-order valence-electron chi connectivity index (χ2n) is 4.83. The molecular formula is C16H18N2O3. The van der Waals surface area contributed by atoms with E-state index in [1.165, 1.54) is 6.20 Å². The number of hydrogen-bond acceptors (Lipinski definition) is 4. The number of pyridine rings is 1. The number of benzene rings is 1. The van der Waals surface area contributed by atoms with Crippen LogP contribution in [0, 0.1) is 6.92 Å². The molecule has 0 radical (unpaired) electrons. The summed E-state index contributed by atoms with van der Waals surface area (Å²) in [6, 6.07) is 8.52. The van der Waals surface area contributed by atoms with Gasteiger partial charge in [-0.25, -0.2) is 4.79 Å². The fourth-order valence-electron chi connectivity index (χ4n) is 2.15. The van der Waals surface area contributed by atoms with Gasteiger partial charge in [0.15, 0.2) is 0 Å². The molecule has 0 aliphatic rings. The zero-order chi connectivity index (χ0) is 15.4. The highest BCUT2D eigenvalue weighted by atomic mass is 16.4. The maximum atomic E-state index is 10.8. The van der Waals surface area contributed by atoms with E-state index >= 15 is 0 Å². The van der Waals surface area contributed by atoms with Crippen LogP contribution in [-0.2, 0) is 6.54 Å². The molecule has 5 heteroatoms. The third-order valence-electron chi connectivity index (χ3n) is 3.34. The van der Waals surface area contributed by atoms with E-state index in [1.54, 1.807) is 24.3 Å². The summed E-state index contributed by atoms with van der Waals surface area (Å²) in [5.41, 5.74) is 2.97.